The molecule has 1 fully saturated rings. The monoisotopic (exact) mass is 348 g/mol. The molecule has 0 bridgehead atoms. The van der Waals surface area contributed by atoms with Crippen molar-refractivity contribution in [2.75, 3.05) is 25.7 Å². The molecule has 0 unspecified atom stereocenters. The van der Waals surface area contributed by atoms with Gasteiger partial charge in [-0.3, -0.25) is 0 Å². The summed E-state index contributed by atoms with van der Waals surface area (Å²) in [5.74, 6) is 2.13. The molecule has 8 heteroatoms. The van der Waals surface area contributed by atoms with E-state index in [1.54, 1.807) is 11.8 Å². The summed E-state index contributed by atoms with van der Waals surface area (Å²) in [6, 6.07) is 2.72. The number of carbonyl (C=O) groups is 1. The predicted molar refractivity (Wildman–Crippen MR) is 83.8 cm³/mol. The van der Waals surface area contributed by atoms with Gasteiger partial charge < -0.3 is 15.0 Å². The number of hydrogen-bond acceptors (Lipinski definition) is 3. The summed E-state index contributed by atoms with van der Waals surface area (Å²) in [5.41, 5.74) is -0.0270. The molecule has 2 atom stereocenters. The molecule has 23 heavy (non-hydrogen) atoms. The second-order valence-corrected chi connectivity index (χ2v) is 6.48. The molecule has 1 heterocycles. The average Bonchev–Trinajstić information content (AvgIpc) is 3.05. The molecular formula is C15H19F3N2O2S. The van der Waals surface area contributed by atoms with Crippen LogP contribution in [-0.4, -0.2) is 48.8 Å². The number of nitrogens with one attached hydrogen (secondary N) is 1. The van der Waals surface area contributed by atoms with Crippen molar-refractivity contribution in [3.05, 3.63) is 29.8 Å². The first-order valence-electron chi connectivity index (χ1n) is 7.14. The largest absolute Gasteiger partial charge is 0.497 e. The van der Waals surface area contributed by atoms with Crippen LogP contribution in [0, 0.1) is 0 Å². The third-order valence-electron chi connectivity index (χ3n) is 3.82. The molecular weight excluding hydrogens is 329 g/mol. The topological polar surface area (TPSA) is 41.6 Å². The highest BCUT2D eigenvalue weighted by Crippen LogP contribution is 2.33. The summed E-state index contributed by atoms with van der Waals surface area (Å²) in [6.45, 7) is 0. The number of thioether (sulfide) groups is 1. The van der Waals surface area contributed by atoms with Crippen LogP contribution in [0.25, 0.3) is 0 Å². The predicted octanol–water partition coefficient (Wildman–Crippen LogP) is 3.45. The maximum Gasteiger partial charge on any atom is 0.412 e. The van der Waals surface area contributed by atoms with Crippen molar-refractivity contribution >= 4 is 17.8 Å². The van der Waals surface area contributed by atoms with Crippen molar-refractivity contribution in [1.29, 1.82) is 0 Å². The maximum absolute atomic E-state index is 13.3. The van der Waals surface area contributed by atoms with Gasteiger partial charge in [0.05, 0.1) is 7.11 Å². The van der Waals surface area contributed by atoms with Gasteiger partial charge in [0.25, 0.3) is 0 Å². The molecule has 0 saturated carbocycles. The summed E-state index contributed by atoms with van der Waals surface area (Å²) in [6.07, 6.45) is -3.77. The number of benzene rings is 1. The Hall–Kier alpha value is -1.57. The van der Waals surface area contributed by atoms with Gasteiger partial charge in [0.15, 0.2) is 6.04 Å². The van der Waals surface area contributed by atoms with Gasteiger partial charge >= 0.3 is 12.2 Å². The Kier molecular flexibility index (Phi) is 5.67. The molecule has 0 aromatic heterocycles. The third kappa shape index (κ3) is 4.46. The lowest BCUT2D eigenvalue weighted by molar-refractivity contribution is -0.155. The highest BCUT2D eigenvalue weighted by Gasteiger charge is 2.42. The van der Waals surface area contributed by atoms with Gasteiger partial charge in [0, 0.05) is 18.8 Å². The summed E-state index contributed by atoms with van der Waals surface area (Å²) in [7, 11) is 2.97. The zero-order chi connectivity index (χ0) is 17.0. The highest BCUT2D eigenvalue weighted by molar-refractivity contribution is 7.99. The van der Waals surface area contributed by atoms with Gasteiger partial charge in [-0.25, -0.2) is 4.79 Å². The van der Waals surface area contributed by atoms with Gasteiger partial charge in [-0.1, -0.05) is 12.1 Å². The number of rotatable bonds is 4. The van der Waals surface area contributed by atoms with Crippen LogP contribution >= 0.6 is 11.8 Å². The van der Waals surface area contributed by atoms with Crippen LogP contribution in [-0.2, 0) is 0 Å². The third-order valence-corrected chi connectivity index (χ3v) is 4.96. The average molecular weight is 348 g/mol. The number of hydrogen-bond donors (Lipinski definition) is 1. The summed E-state index contributed by atoms with van der Waals surface area (Å²) >= 11 is 1.70. The van der Waals surface area contributed by atoms with Crippen LogP contribution in [0.3, 0.4) is 0 Å². The van der Waals surface area contributed by atoms with Crippen molar-refractivity contribution in [1.82, 2.24) is 10.2 Å². The van der Waals surface area contributed by atoms with Crippen LogP contribution in [0.15, 0.2) is 24.3 Å². The van der Waals surface area contributed by atoms with E-state index < -0.39 is 18.2 Å². The Bertz CT molecular complexity index is 531. The van der Waals surface area contributed by atoms with Crippen LogP contribution in [0.1, 0.15) is 18.0 Å². The maximum atomic E-state index is 13.3. The van der Waals surface area contributed by atoms with Crippen LogP contribution in [0.4, 0.5) is 18.0 Å². The van der Waals surface area contributed by atoms with E-state index in [1.165, 1.54) is 43.3 Å². The van der Waals surface area contributed by atoms with E-state index in [4.69, 9.17) is 4.74 Å². The first-order valence-corrected chi connectivity index (χ1v) is 8.30. The molecule has 2 rings (SSSR count). The van der Waals surface area contributed by atoms with Crippen LogP contribution < -0.4 is 10.1 Å². The Morgan fingerprint density at radius 2 is 2.04 bits per heavy atom. The molecule has 1 saturated heterocycles. The number of alkyl halides is 3. The minimum atomic E-state index is -4.57. The number of halogens is 3. The van der Waals surface area contributed by atoms with Gasteiger partial charge in [-0.05, 0) is 29.9 Å². The molecule has 4 nitrogen and oxygen atoms in total. The minimum Gasteiger partial charge on any atom is -0.497 e. The number of urea groups is 1. The van der Waals surface area contributed by atoms with E-state index in [-0.39, 0.29) is 11.6 Å². The lowest BCUT2D eigenvalue weighted by Crippen LogP contribution is -2.48. The number of nitrogens with zero attached hydrogens (tertiary/aromatic N) is 1. The normalized spacial score (nSPS) is 19.3. The second-order valence-electron chi connectivity index (χ2n) is 5.33. The number of ether oxygens (including phenoxy) is 1. The van der Waals surface area contributed by atoms with E-state index in [1.807, 2.05) is 0 Å². The molecule has 1 aliphatic rings. The van der Waals surface area contributed by atoms with Gasteiger partial charge in [0.2, 0.25) is 0 Å². The summed E-state index contributed by atoms with van der Waals surface area (Å²) in [5, 5.41) is 2.10. The summed E-state index contributed by atoms with van der Waals surface area (Å²) in [4.78, 5) is 13.5. The fourth-order valence-electron chi connectivity index (χ4n) is 2.37. The zero-order valence-electron chi connectivity index (χ0n) is 12.9. The summed E-state index contributed by atoms with van der Waals surface area (Å²) < 4.78 is 44.9. The number of methoxy groups -OCH3 is 1. The van der Waals surface area contributed by atoms with E-state index in [2.05, 4.69) is 5.32 Å². The highest BCUT2D eigenvalue weighted by atomic mass is 32.2. The lowest BCUT2D eigenvalue weighted by atomic mass is 10.1. The molecule has 1 aromatic rings. The molecule has 1 aromatic carbocycles. The minimum absolute atomic E-state index is 0.0234. The van der Waals surface area contributed by atoms with Crippen LogP contribution in [0.5, 0.6) is 5.75 Å². The first kappa shape index (κ1) is 17.8. The van der Waals surface area contributed by atoms with Crippen molar-refractivity contribution in [3.63, 3.8) is 0 Å². The van der Waals surface area contributed by atoms with E-state index in [0.717, 1.165) is 17.9 Å². The molecule has 0 radical (unpaired) electrons. The molecule has 128 valence electrons. The zero-order valence-corrected chi connectivity index (χ0v) is 13.7. The Balaban J connectivity index is 2.13. The first-order chi connectivity index (χ1) is 10.8. The van der Waals surface area contributed by atoms with Crippen molar-refractivity contribution in [2.24, 2.45) is 0 Å². The van der Waals surface area contributed by atoms with E-state index >= 15 is 0 Å². The van der Waals surface area contributed by atoms with Crippen molar-refractivity contribution < 1.29 is 22.7 Å². The van der Waals surface area contributed by atoms with E-state index in [0.29, 0.717) is 5.75 Å². The quantitative estimate of drug-likeness (QED) is 0.906. The molecule has 1 aliphatic heterocycles. The molecule has 2 amide bonds. The molecule has 1 N–H and O–H groups in total. The van der Waals surface area contributed by atoms with Crippen molar-refractivity contribution in [3.8, 4) is 5.75 Å². The van der Waals surface area contributed by atoms with E-state index in [9.17, 15) is 18.0 Å². The molecule has 0 spiro atoms. The fourth-order valence-corrected chi connectivity index (χ4v) is 3.64. The van der Waals surface area contributed by atoms with Crippen LogP contribution in [0.2, 0.25) is 0 Å². The number of amides is 2. The van der Waals surface area contributed by atoms with Gasteiger partial charge in [-0.2, -0.15) is 24.9 Å². The number of carbonyl (C=O) groups excluding carboxylic acids is 1. The van der Waals surface area contributed by atoms with Gasteiger partial charge in [-0.15, -0.1) is 0 Å². The fraction of sp³-hybridized carbons (Fsp3) is 0.533. The van der Waals surface area contributed by atoms with Crippen molar-refractivity contribution in [2.45, 2.75) is 24.7 Å². The van der Waals surface area contributed by atoms with Gasteiger partial charge in [0.1, 0.15) is 5.75 Å². The second kappa shape index (κ2) is 7.33. The molecule has 0 aliphatic carbocycles. The Labute approximate surface area is 137 Å². The Morgan fingerprint density at radius 3 is 2.52 bits per heavy atom. The standard InChI is InChI=1S/C15H19F3N2O2S/c1-20(11-7-8-23-9-11)14(21)19-13(15(16,17)18)10-3-5-12(22-2)6-4-10/h3-6,11,13H,7-9H2,1-2H3,(H,19,21)/t11-,13+/m0/s1. The Morgan fingerprint density at radius 1 is 1.39 bits per heavy atom. The lowest BCUT2D eigenvalue weighted by Gasteiger charge is -2.28. The smallest absolute Gasteiger partial charge is 0.412 e. The SMILES string of the molecule is COc1ccc([C@@H](NC(=O)N(C)[C@H]2CCSC2)C(F)(F)F)cc1.